The highest BCUT2D eigenvalue weighted by Crippen LogP contribution is 2.22. The normalized spacial score (nSPS) is 21.9. The Kier molecular flexibility index (Phi) is 4.09. The Bertz CT molecular complexity index is 233. The molecule has 1 heterocycles. The number of nitriles is 1. The molecule has 1 aliphatic rings. The minimum atomic E-state index is -0.305. The second-order valence-electron chi connectivity index (χ2n) is 4.79. The third-order valence-corrected chi connectivity index (χ3v) is 2.94. The van der Waals surface area contributed by atoms with Crippen LogP contribution in [0.1, 0.15) is 26.7 Å². The van der Waals surface area contributed by atoms with Crippen LogP contribution < -0.4 is 5.32 Å². The van der Waals surface area contributed by atoms with Gasteiger partial charge in [0.2, 0.25) is 0 Å². The maximum absolute atomic E-state index is 9.27. The molecule has 0 saturated carbocycles. The van der Waals surface area contributed by atoms with Crippen LogP contribution in [-0.2, 0) is 0 Å². The van der Waals surface area contributed by atoms with Gasteiger partial charge in [-0.1, -0.05) is 0 Å². The number of nitrogens with zero attached hydrogens (tertiary/aromatic N) is 3. The van der Waals surface area contributed by atoms with Gasteiger partial charge in [0.1, 0.15) is 5.54 Å². The third kappa shape index (κ3) is 3.16. The molecule has 1 N–H and O–H groups in total. The topological polar surface area (TPSA) is 42.3 Å². The molecule has 0 bridgehead atoms. The fourth-order valence-corrected chi connectivity index (χ4v) is 2.12. The number of rotatable bonds is 3. The molecule has 0 aromatic rings. The smallest absolute Gasteiger partial charge is 0.109 e. The highest BCUT2D eigenvalue weighted by atomic mass is 15.6. The van der Waals surface area contributed by atoms with Crippen molar-refractivity contribution >= 4 is 0 Å². The fraction of sp³-hybridized carbons (Fsp3) is 0.909. The lowest BCUT2D eigenvalue weighted by Gasteiger charge is -2.41. The lowest BCUT2D eigenvalue weighted by Crippen LogP contribution is -2.56. The summed E-state index contributed by atoms with van der Waals surface area (Å²) in [6.45, 7) is 6.11. The molecular weight excluding hydrogens is 188 g/mol. The number of nitrogens with one attached hydrogen (secondary N) is 1. The SMILES string of the molecule is CC(C)NC1(C#N)CCN(N(C)C)CC1. The summed E-state index contributed by atoms with van der Waals surface area (Å²) < 4.78 is 0. The van der Waals surface area contributed by atoms with Crippen molar-refractivity contribution in [2.24, 2.45) is 0 Å². The van der Waals surface area contributed by atoms with Gasteiger partial charge < -0.3 is 0 Å². The van der Waals surface area contributed by atoms with Gasteiger partial charge >= 0.3 is 0 Å². The largest absolute Gasteiger partial charge is 0.297 e. The Morgan fingerprint density at radius 1 is 1.33 bits per heavy atom. The monoisotopic (exact) mass is 210 g/mol. The third-order valence-electron chi connectivity index (χ3n) is 2.94. The molecule has 0 radical (unpaired) electrons. The maximum Gasteiger partial charge on any atom is 0.109 e. The molecule has 86 valence electrons. The van der Waals surface area contributed by atoms with E-state index in [1.165, 1.54) is 0 Å². The second-order valence-corrected chi connectivity index (χ2v) is 4.79. The molecule has 0 spiro atoms. The molecule has 1 saturated heterocycles. The molecule has 0 atom stereocenters. The van der Waals surface area contributed by atoms with Gasteiger partial charge in [0.25, 0.3) is 0 Å². The van der Waals surface area contributed by atoms with Crippen LogP contribution in [0, 0.1) is 11.3 Å². The van der Waals surface area contributed by atoms with E-state index in [2.05, 4.69) is 49.3 Å². The first-order valence-electron chi connectivity index (χ1n) is 5.60. The molecule has 0 aromatic heterocycles. The average Bonchev–Trinajstić information content (AvgIpc) is 2.17. The molecule has 4 nitrogen and oxygen atoms in total. The molecular formula is C11H22N4. The molecule has 1 aliphatic heterocycles. The molecule has 1 rings (SSSR count). The van der Waals surface area contributed by atoms with Gasteiger partial charge in [-0.05, 0) is 26.7 Å². The van der Waals surface area contributed by atoms with Crippen molar-refractivity contribution in [3.63, 3.8) is 0 Å². The summed E-state index contributed by atoms with van der Waals surface area (Å²) in [6, 6.07) is 2.82. The van der Waals surface area contributed by atoms with Crippen LogP contribution in [-0.4, -0.2) is 48.8 Å². The fourth-order valence-electron chi connectivity index (χ4n) is 2.12. The summed E-state index contributed by atoms with van der Waals surface area (Å²) in [5, 5.41) is 17.1. The molecule has 0 aromatic carbocycles. The Hall–Kier alpha value is -0.630. The van der Waals surface area contributed by atoms with Crippen molar-refractivity contribution in [1.29, 1.82) is 5.26 Å². The zero-order valence-electron chi connectivity index (χ0n) is 10.2. The van der Waals surface area contributed by atoms with E-state index in [1.807, 2.05) is 0 Å². The molecule has 0 aliphatic carbocycles. The van der Waals surface area contributed by atoms with E-state index in [9.17, 15) is 5.26 Å². The molecule has 4 heteroatoms. The van der Waals surface area contributed by atoms with Crippen LogP contribution in [0.15, 0.2) is 0 Å². The first-order valence-corrected chi connectivity index (χ1v) is 5.60. The standard InChI is InChI=1S/C11H22N4/c1-10(2)13-11(9-12)5-7-15(8-6-11)14(3)4/h10,13H,5-8H2,1-4H3. The van der Waals surface area contributed by atoms with E-state index in [4.69, 9.17) is 0 Å². The summed E-state index contributed by atoms with van der Waals surface area (Å²) in [5.74, 6) is 0. The van der Waals surface area contributed by atoms with Crippen LogP contribution in [0.5, 0.6) is 0 Å². The summed E-state index contributed by atoms with van der Waals surface area (Å²) in [6.07, 6.45) is 1.81. The van der Waals surface area contributed by atoms with E-state index in [-0.39, 0.29) is 5.54 Å². The summed E-state index contributed by atoms with van der Waals surface area (Å²) in [5.41, 5.74) is -0.305. The summed E-state index contributed by atoms with van der Waals surface area (Å²) in [7, 11) is 4.10. The maximum atomic E-state index is 9.27. The highest BCUT2D eigenvalue weighted by molar-refractivity contribution is 5.09. The number of hydrazine groups is 1. The van der Waals surface area contributed by atoms with Crippen LogP contribution in [0.3, 0.4) is 0 Å². The lowest BCUT2D eigenvalue weighted by atomic mass is 9.89. The zero-order chi connectivity index (χ0) is 11.5. The highest BCUT2D eigenvalue weighted by Gasteiger charge is 2.35. The lowest BCUT2D eigenvalue weighted by molar-refractivity contribution is -0.0107. The second kappa shape index (κ2) is 4.93. The van der Waals surface area contributed by atoms with E-state index in [1.54, 1.807) is 0 Å². The van der Waals surface area contributed by atoms with Crippen molar-refractivity contribution in [2.45, 2.75) is 38.3 Å². The Labute approximate surface area is 92.8 Å². The predicted molar refractivity (Wildman–Crippen MR) is 61.1 cm³/mol. The molecule has 15 heavy (non-hydrogen) atoms. The van der Waals surface area contributed by atoms with Gasteiger partial charge in [0, 0.05) is 33.2 Å². The van der Waals surface area contributed by atoms with Crippen LogP contribution in [0.2, 0.25) is 0 Å². The van der Waals surface area contributed by atoms with Crippen molar-refractivity contribution in [3.05, 3.63) is 0 Å². The van der Waals surface area contributed by atoms with E-state index < -0.39 is 0 Å². The number of hydrogen-bond acceptors (Lipinski definition) is 4. The van der Waals surface area contributed by atoms with Crippen molar-refractivity contribution in [1.82, 2.24) is 15.3 Å². The van der Waals surface area contributed by atoms with Gasteiger partial charge in [-0.2, -0.15) is 5.26 Å². The minimum Gasteiger partial charge on any atom is -0.297 e. The van der Waals surface area contributed by atoms with Gasteiger partial charge in [-0.3, -0.25) is 5.32 Å². The van der Waals surface area contributed by atoms with Crippen molar-refractivity contribution in [3.8, 4) is 6.07 Å². The van der Waals surface area contributed by atoms with Crippen LogP contribution in [0.4, 0.5) is 0 Å². The van der Waals surface area contributed by atoms with Gasteiger partial charge in [-0.25, -0.2) is 10.0 Å². The summed E-state index contributed by atoms with van der Waals surface area (Å²) >= 11 is 0. The van der Waals surface area contributed by atoms with Gasteiger partial charge in [0.05, 0.1) is 6.07 Å². The summed E-state index contributed by atoms with van der Waals surface area (Å²) in [4.78, 5) is 0. The van der Waals surface area contributed by atoms with E-state index in [0.717, 1.165) is 25.9 Å². The van der Waals surface area contributed by atoms with Crippen LogP contribution >= 0.6 is 0 Å². The zero-order valence-corrected chi connectivity index (χ0v) is 10.2. The molecule has 1 fully saturated rings. The predicted octanol–water partition coefficient (Wildman–Crippen LogP) is 0.819. The van der Waals surface area contributed by atoms with Crippen molar-refractivity contribution < 1.29 is 0 Å². The Morgan fingerprint density at radius 2 is 1.87 bits per heavy atom. The Morgan fingerprint density at radius 3 is 2.20 bits per heavy atom. The average molecular weight is 210 g/mol. The van der Waals surface area contributed by atoms with Gasteiger partial charge in [-0.15, -0.1) is 0 Å². The first-order chi connectivity index (χ1) is 6.99. The molecule has 0 amide bonds. The first kappa shape index (κ1) is 12.4. The van der Waals surface area contributed by atoms with Crippen LogP contribution in [0.25, 0.3) is 0 Å². The van der Waals surface area contributed by atoms with Gasteiger partial charge in [0.15, 0.2) is 0 Å². The van der Waals surface area contributed by atoms with E-state index >= 15 is 0 Å². The minimum absolute atomic E-state index is 0.305. The molecule has 0 unspecified atom stereocenters. The quantitative estimate of drug-likeness (QED) is 0.749. The Balaban J connectivity index is 2.56. The van der Waals surface area contributed by atoms with Crippen molar-refractivity contribution in [2.75, 3.05) is 27.2 Å². The van der Waals surface area contributed by atoms with E-state index in [0.29, 0.717) is 6.04 Å². The number of hydrogen-bond donors (Lipinski definition) is 1. The number of piperidine rings is 1.